The standard InChI is InChI=1S/C9H14OS/c1-4-6-8(10)7-9(3,11)5-2/h4-7,10-11H,2H2,1,3H3/b6-4-,8-7+. The molecule has 1 N–H and O–H groups in total. The van der Waals surface area contributed by atoms with Crippen LogP contribution < -0.4 is 0 Å². The first-order chi connectivity index (χ1) is 5.02. The van der Waals surface area contributed by atoms with Crippen LogP contribution in [0.25, 0.3) is 0 Å². The van der Waals surface area contributed by atoms with Crippen molar-refractivity contribution in [1.29, 1.82) is 0 Å². The second-order valence-electron chi connectivity index (χ2n) is 2.50. The highest BCUT2D eigenvalue weighted by Crippen LogP contribution is 2.17. The third-order valence-electron chi connectivity index (χ3n) is 1.19. The number of allylic oxidation sites excluding steroid dienone is 2. The van der Waals surface area contributed by atoms with E-state index in [9.17, 15) is 5.11 Å². The number of rotatable bonds is 3. The van der Waals surface area contributed by atoms with Crippen LogP contribution in [0.5, 0.6) is 0 Å². The summed E-state index contributed by atoms with van der Waals surface area (Å²) in [6, 6.07) is 0. The molecule has 2 heteroatoms. The molecule has 0 aromatic heterocycles. The van der Waals surface area contributed by atoms with Gasteiger partial charge in [-0.25, -0.2) is 0 Å². The van der Waals surface area contributed by atoms with Crippen molar-refractivity contribution in [1.82, 2.24) is 0 Å². The quantitative estimate of drug-likeness (QED) is 0.289. The second kappa shape index (κ2) is 4.29. The van der Waals surface area contributed by atoms with E-state index in [2.05, 4.69) is 19.2 Å². The Morgan fingerprint density at radius 2 is 2.18 bits per heavy atom. The summed E-state index contributed by atoms with van der Waals surface area (Å²) in [5, 5.41) is 9.19. The highest BCUT2D eigenvalue weighted by Gasteiger charge is 2.09. The van der Waals surface area contributed by atoms with Crippen molar-refractivity contribution in [2.75, 3.05) is 0 Å². The first-order valence-electron chi connectivity index (χ1n) is 3.42. The van der Waals surface area contributed by atoms with Gasteiger partial charge >= 0.3 is 0 Å². The maximum Gasteiger partial charge on any atom is 0.112 e. The molecule has 1 nitrogen and oxygen atoms in total. The van der Waals surface area contributed by atoms with Crippen LogP contribution in [0, 0.1) is 0 Å². The molecule has 1 atom stereocenters. The summed E-state index contributed by atoms with van der Waals surface area (Å²) in [7, 11) is 0. The van der Waals surface area contributed by atoms with Crippen molar-refractivity contribution in [2.45, 2.75) is 18.6 Å². The van der Waals surface area contributed by atoms with Gasteiger partial charge in [0.15, 0.2) is 0 Å². The minimum atomic E-state index is -0.441. The zero-order chi connectivity index (χ0) is 8.91. The zero-order valence-corrected chi connectivity index (χ0v) is 7.81. The monoisotopic (exact) mass is 170 g/mol. The van der Waals surface area contributed by atoms with Gasteiger partial charge in [-0.2, -0.15) is 12.6 Å². The van der Waals surface area contributed by atoms with Crippen molar-refractivity contribution >= 4 is 12.6 Å². The fourth-order valence-electron chi connectivity index (χ4n) is 0.577. The predicted molar refractivity (Wildman–Crippen MR) is 53.1 cm³/mol. The Bertz CT molecular complexity index is 190. The molecule has 0 bridgehead atoms. The van der Waals surface area contributed by atoms with Gasteiger partial charge in [-0.05, 0) is 26.0 Å². The molecule has 0 aromatic carbocycles. The topological polar surface area (TPSA) is 20.2 Å². The van der Waals surface area contributed by atoms with Crippen LogP contribution in [0.1, 0.15) is 13.8 Å². The number of aliphatic hydroxyl groups is 1. The average Bonchev–Trinajstić information content (AvgIpc) is 1.87. The Morgan fingerprint density at radius 3 is 2.55 bits per heavy atom. The number of hydrogen-bond acceptors (Lipinski definition) is 2. The summed E-state index contributed by atoms with van der Waals surface area (Å²) < 4.78 is -0.441. The van der Waals surface area contributed by atoms with Gasteiger partial charge in [0.2, 0.25) is 0 Å². The van der Waals surface area contributed by atoms with Gasteiger partial charge in [-0.3, -0.25) is 0 Å². The molecule has 0 saturated carbocycles. The molecule has 0 spiro atoms. The lowest BCUT2D eigenvalue weighted by Crippen LogP contribution is -2.07. The third-order valence-corrected chi connectivity index (χ3v) is 1.50. The fourth-order valence-corrected chi connectivity index (χ4v) is 0.709. The van der Waals surface area contributed by atoms with Crippen molar-refractivity contribution in [3.05, 3.63) is 36.6 Å². The van der Waals surface area contributed by atoms with E-state index in [4.69, 9.17) is 0 Å². The van der Waals surface area contributed by atoms with Crippen LogP contribution in [0.4, 0.5) is 0 Å². The molecular weight excluding hydrogens is 156 g/mol. The van der Waals surface area contributed by atoms with Gasteiger partial charge in [-0.15, -0.1) is 6.58 Å². The molecule has 0 rings (SSSR count). The second-order valence-corrected chi connectivity index (χ2v) is 3.46. The predicted octanol–water partition coefficient (Wildman–Crippen LogP) is 2.88. The molecule has 62 valence electrons. The molecule has 0 aliphatic carbocycles. The number of thiol groups is 1. The fraction of sp³-hybridized carbons (Fsp3) is 0.333. The van der Waals surface area contributed by atoms with Crippen molar-refractivity contribution in [2.24, 2.45) is 0 Å². The minimum Gasteiger partial charge on any atom is -0.508 e. The molecule has 0 saturated heterocycles. The van der Waals surface area contributed by atoms with Gasteiger partial charge in [0.05, 0.1) is 0 Å². The summed E-state index contributed by atoms with van der Waals surface area (Å²) in [5.74, 6) is 0.213. The van der Waals surface area contributed by atoms with Crippen LogP contribution in [0.3, 0.4) is 0 Å². The Morgan fingerprint density at radius 1 is 1.64 bits per heavy atom. The van der Waals surface area contributed by atoms with Gasteiger partial charge in [-0.1, -0.05) is 12.2 Å². The summed E-state index contributed by atoms with van der Waals surface area (Å²) in [4.78, 5) is 0. The summed E-state index contributed by atoms with van der Waals surface area (Å²) in [6.45, 7) is 7.28. The molecule has 0 heterocycles. The van der Waals surface area contributed by atoms with E-state index in [0.717, 1.165) is 0 Å². The van der Waals surface area contributed by atoms with E-state index in [-0.39, 0.29) is 5.76 Å². The zero-order valence-electron chi connectivity index (χ0n) is 6.91. The highest BCUT2D eigenvalue weighted by atomic mass is 32.1. The molecular formula is C9H14OS. The Balaban J connectivity index is 4.40. The van der Waals surface area contributed by atoms with Gasteiger partial charge in [0.1, 0.15) is 5.76 Å². The average molecular weight is 170 g/mol. The smallest absolute Gasteiger partial charge is 0.112 e. The molecule has 0 aliphatic heterocycles. The van der Waals surface area contributed by atoms with Crippen LogP contribution in [-0.4, -0.2) is 9.85 Å². The van der Waals surface area contributed by atoms with Crippen molar-refractivity contribution in [3.63, 3.8) is 0 Å². The summed E-state index contributed by atoms with van der Waals surface area (Å²) >= 11 is 4.23. The van der Waals surface area contributed by atoms with E-state index in [1.807, 2.05) is 13.8 Å². The van der Waals surface area contributed by atoms with Gasteiger partial charge in [0, 0.05) is 4.75 Å². The maximum absolute atomic E-state index is 9.19. The van der Waals surface area contributed by atoms with Gasteiger partial charge < -0.3 is 5.11 Å². The first-order valence-corrected chi connectivity index (χ1v) is 3.87. The molecule has 0 amide bonds. The Labute approximate surface area is 73.5 Å². The molecule has 0 aromatic rings. The lowest BCUT2D eigenvalue weighted by molar-refractivity contribution is 0.428. The minimum absolute atomic E-state index is 0.213. The summed E-state index contributed by atoms with van der Waals surface area (Å²) in [5.41, 5.74) is 0. The van der Waals surface area contributed by atoms with Crippen molar-refractivity contribution in [3.8, 4) is 0 Å². The molecule has 0 fully saturated rings. The largest absolute Gasteiger partial charge is 0.508 e. The van der Waals surface area contributed by atoms with E-state index in [1.54, 1.807) is 24.3 Å². The highest BCUT2D eigenvalue weighted by molar-refractivity contribution is 7.82. The SMILES string of the molecule is C=CC(C)(S)/C=C(O)\C=C/C. The van der Waals surface area contributed by atoms with Crippen LogP contribution in [0.2, 0.25) is 0 Å². The lowest BCUT2D eigenvalue weighted by Gasteiger charge is -2.12. The van der Waals surface area contributed by atoms with Crippen LogP contribution in [0.15, 0.2) is 36.6 Å². The lowest BCUT2D eigenvalue weighted by atomic mass is 10.1. The number of aliphatic hydroxyl groups excluding tert-OH is 1. The van der Waals surface area contributed by atoms with E-state index < -0.39 is 4.75 Å². The Kier molecular flexibility index (Phi) is 4.04. The number of hydrogen-bond donors (Lipinski definition) is 2. The maximum atomic E-state index is 9.19. The van der Waals surface area contributed by atoms with E-state index in [0.29, 0.717) is 0 Å². The van der Waals surface area contributed by atoms with Gasteiger partial charge in [0.25, 0.3) is 0 Å². The normalized spacial score (nSPS) is 18.3. The summed E-state index contributed by atoms with van der Waals surface area (Å²) in [6.07, 6.45) is 6.66. The van der Waals surface area contributed by atoms with E-state index >= 15 is 0 Å². The first kappa shape index (κ1) is 10.4. The molecule has 0 radical (unpaired) electrons. The molecule has 0 aliphatic rings. The molecule has 11 heavy (non-hydrogen) atoms. The van der Waals surface area contributed by atoms with E-state index in [1.165, 1.54) is 0 Å². The Hall–Kier alpha value is -0.630. The van der Waals surface area contributed by atoms with Crippen LogP contribution in [-0.2, 0) is 0 Å². The van der Waals surface area contributed by atoms with Crippen LogP contribution >= 0.6 is 12.6 Å². The third kappa shape index (κ3) is 4.73. The molecule has 1 unspecified atom stereocenters. The van der Waals surface area contributed by atoms with Crippen molar-refractivity contribution < 1.29 is 5.11 Å².